The lowest BCUT2D eigenvalue weighted by Gasteiger charge is -2.13. The lowest BCUT2D eigenvalue weighted by molar-refractivity contribution is -0.147. The number of methoxy groups -OCH3 is 1. The minimum atomic E-state index is -1.30. The van der Waals surface area contributed by atoms with E-state index in [0.717, 1.165) is 7.11 Å². The molecule has 1 aromatic rings. The molecule has 6 nitrogen and oxygen atoms in total. The van der Waals surface area contributed by atoms with Crippen LogP contribution in [0.25, 0.3) is 0 Å². The maximum absolute atomic E-state index is 11.7. The monoisotopic (exact) mass is 251 g/mol. The number of hydrogen-bond acceptors (Lipinski definition) is 4. The molecule has 0 radical (unpaired) electrons. The summed E-state index contributed by atoms with van der Waals surface area (Å²) in [6.45, 7) is 0. The molecule has 2 N–H and O–H groups in total. The Hall–Kier alpha value is -2.37. The van der Waals surface area contributed by atoms with Crippen molar-refractivity contribution in [2.45, 2.75) is 12.5 Å². The van der Waals surface area contributed by atoms with Crippen LogP contribution < -0.4 is 5.32 Å². The van der Waals surface area contributed by atoms with Gasteiger partial charge in [0.1, 0.15) is 6.04 Å². The second-order valence-corrected chi connectivity index (χ2v) is 3.51. The summed E-state index contributed by atoms with van der Waals surface area (Å²) in [6, 6.07) is 6.85. The maximum Gasteiger partial charge on any atom is 0.326 e. The highest BCUT2D eigenvalue weighted by atomic mass is 16.5. The third kappa shape index (κ3) is 3.89. The number of carbonyl (C=O) groups is 3. The molecule has 0 saturated carbocycles. The number of aliphatic carboxylic acids is 1. The summed E-state index contributed by atoms with van der Waals surface area (Å²) in [5.74, 6) is -2.53. The second kappa shape index (κ2) is 6.39. The van der Waals surface area contributed by atoms with Crippen LogP contribution >= 0.6 is 0 Å². The van der Waals surface area contributed by atoms with Crippen LogP contribution in [0.4, 0.5) is 0 Å². The van der Waals surface area contributed by atoms with Gasteiger partial charge < -0.3 is 15.2 Å². The Balaban J connectivity index is 2.70. The van der Waals surface area contributed by atoms with Crippen molar-refractivity contribution in [3.8, 4) is 0 Å². The van der Waals surface area contributed by atoms with Crippen molar-refractivity contribution in [3.05, 3.63) is 35.9 Å². The molecule has 1 atom stereocenters. The van der Waals surface area contributed by atoms with Gasteiger partial charge in [-0.15, -0.1) is 0 Å². The smallest absolute Gasteiger partial charge is 0.326 e. The summed E-state index contributed by atoms with van der Waals surface area (Å²) in [4.78, 5) is 33.6. The van der Waals surface area contributed by atoms with Gasteiger partial charge in [0, 0.05) is 5.56 Å². The molecule has 0 fully saturated rings. The highest BCUT2D eigenvalue weighted by molar-refractivity contribution is 5.97. The first-order chi connectivity index (χ1) is 8.54. The van der Waals surface area contributed by atoms with E-state index in [1.807, 2.05) is 0 Å². The van der Waals surface area contributed by atoms with Gasteiger partial charge in [-0.25, -0.2) is 4.79 Å². The normalized spacial score (nSPS) is 11.4. The van der Waals surface area contributed by atoms with Crippen molar-refractivity contribution in [3.63, 3.8) is 0 Å². The third-order valence-electron chi connectivity index (χ3n) is 2.24. The molecule has 1 amide bonds. The van der Waals surface area contributed by atoms with Crippen LogP contribution in [0, 0.1) is 0 Å². The van der Waals surface area contributed by atoms with E-state index in [1.54, 1.807) is 30.3 Å². The van der Waals surface area contributed by atoms with Gasteiger partial charge in [0.2, 0.25) is 0 Å². The van der Waals surface area contributed by atoms with Crippen molar-refractivity contribution in [2.75, 3.05) is 7.11 Å². The number of carbonyl (C=O) groups excluding carboxylic acids is 2. The van der Waals surface area contributed by atoms with Gasteiger partial charge in [-0.05, 0) is 12.1 Å². The molecule has 1 unspecified atom stereocenters. The van der Waals surface area contributed by atoms with Crippen molar-refractivity contribution < 1.29 is 24.2 Å². The summed E-state index contributed by atoms with van der Waals surface area (Å²) >= 11 is 0. The van der Waals surface area contributed by atoms with Gasteiger partial charge >= 0.3 is 11.9 Å². The maximum atomic E-state index is 11.7. The van der Waals surface area contributed by atoms with Crippen LogP contribution in [0.15, 0.2) is 30.3 Å². The van der Waals surface area contributed by atoms with Gasteiger partial charge in [-0.3, -0.25) is 9.59 Å². The van der Waals surface area contributed by atoms with Crippen molar-refractivity contribution in [1.29, 1.82) is 0 Å². The lowest BCUT2D eigenvalue weighted by Crippen LogP contribution is -2.42. The summed E-state index contributed by atoms with van der Waals surface area (Å²) in [5, 5.41) is 11.1. The number of amides is 1. The molecule has 96 valence electrons. The summed E-state index contributed by atoms with van der Waals surface area (Å²) in [7, 11) is 1.15. The molecule has 0 saturated heterocycles. The number of carboxylic acid groups (broad SMARTS) is 1. The number of benzene rings is 1. The van der Waals surface area contributed by atoms with Crippen LogP contribution in [0.3, 0.4) is 0 Å². The molecule has 1 rings (SSSR count). The molecule has 1 aromatic carbocycles. The molecule has 0 aliphatic rings. The molecule has 0 aromatic heterocycles. The molecule has 0 aliphatic carbocycles. The fourth-order valence-corrected chi connectivity index (χ4v) is 1.28. The van der Waals surface area contributed by atoms with Crippen LogP contribution in [0.2, 0.25) is 0 Å². The summed E-state index contributed by atoms with van der Waals surface area (Å²) in [5.41, 5.74) is 0.327. The Bertz CT molecular complexity index is 443. The van der Waals surface area contributed by atoms with Crippen LogP contribution in [-0.4, -0.2) is 36.1 Å². The first-order valence-corrected chi connectivity index (χ1v) is 5.20. The predicted octanol–water partition coefficient (Wildman–Crippen LogP) is 0.433. The summed E-state index contributed by atoms with van der Waals surface area (Å²) in [6.07, 6.45) is -0.412. The Kier molecular flexibility index (Phi) is 4.86. The molecule has 0 aliphatic heterocycles. The second-order valence-electron chi connectivity index (χ2n) is 3.51. The number of carboxylic acids is 1. The van der Waals surface area contributed by atoms with E-state index in [4.69, 9.17) is 5.11 Å². The van der Waals surface area contributed by atoms with E-state index in [1.165, 1.54) is 0 Å². The van der Waals surface area contributed by atoms with Gasteiger partial charge in [0.05, 0.1) is 13.5 Å². The topological polar surface area (TPSA) is 92.7 Å². The molecule has 0 spiro atoms. The number of esters is 1. The molecule has 0 bridgehead atoms. The van der Waals surface area contributed by atoms with Crippen LogP contribution in [0.5, 0.6) is 0 Å². The molecule has 0 heterocycles. The van der Waals surface area contributed by atoms with E-state index in [-0.39, 0.29) is 0 Å². The number of nitrogens with one attached hydrogen (secondary N) is 1. The number of ether oxygens (including phenoxy) is 1. The first kappa shape index (κ1) is 13.7. The summed E-state index contributed by atoms with van der Waals surface area (Å²) < 4.78 is 4.36. The predicted molar refractivity (Wildman–Crippen MR) is 62.0 cm³/mol. The number of rotatable bonds is 5. The average Bonchev–Trinajstić information content (AvgIpc) is 2.38. The van der Waals surface area contributed by atoms with Gasteiger partial charge in [0.15, 0.2) is 0 Å². The third-order valence-corrected chi connectivity index (χ3v) is 2.24. The highest BCUT2D eigenvalue weighted by Crippen LogP contribution is 2.01. The van der Waals surface area contributed by atoms with Crippen molar-refractivity contribution >= 4 is 17.8 Å². The van der Waals surface area contributed by atoms with Crippen molar-refractivity contribution in [1.82, 2.24) is 5.32 Å². The van der Waals surface area contributed by atoms with Crippen LogP contribution in [0.1, 0.15) is 16.8 Å². The first-order valence-electron chi connectivity index (χ1n) is 5.20. The highest BCUT2D eigenvalue weighted by Gasteiger charge is 2.24. The van der Waals surface area contributed by atoms with E-state index >= 15 is 0 Å². The Morgan fingerprint density at radius 2 is 1.89 bits per heavy atom. The zero-order valence-corrected chi connectivity index (χ0v) is 9.75. The zero-order chi connectivity index (χ0) is 13.5. The molecule has 18 heavy (non-hydrogen) atoms. The zero-order valence-electron chi connectivity index (χ0n) is 9.75. The van der Waals surface area contributed by atoms with E-state index in [0.29, 0.717) is 5.56 Å². The quantitative estimate of drug-likeness (QED) is 0.740. The fourth-order valence-electron chi connectivity index (χ4n) is 1.28. The molecular weight excluding hydrogens is 238 g/mol. The number of hydrogen-bond donors (Lipinski definition) is 2. The average molecular weight is 251 g/mol. The molecular formula is C12H13NO5. The Labute approximate surface area is 104 Å². The lowest BCUT2D eigenvalue weighted by atomic mass is 10.1. The SMILES string of the molecule is COC(=O)CC(NC(=O)c1ccccc1)C(=O)O. The van der Waals surface area contributed by atoms with Gasteiger partial charge in [-0.2, -0.15) is 0 Å². The van der Waals surface area contributed by atoms with E-state index in [9.17, 15) is 14.4 Å². The Morgan fingerprint density at radius 3 is 2.39 bits per heavy atom. The minimum absolute atomic E-state index is 0.327. The van der Waals surface area contributed by atoms with E-state index < -0.39 is 30.3 Å². The van der Waals surface area contributed by atoms with Crippen LogP contribution in [-0.2, 0) is 14.3 Å². The standard InChI is InChI=1S/C12H13NO5/c1-18-10(14)7-9(12(16)17)13-11(15)8-5-3-2-4-6-8/h2-6,9H,7H2,1H3,(H,13,15)(H,16,17). The van der Waals surface area contributed by atoms with Gasteiger partial charge in [-0.1, -0.05) is 18.2 Å². The molecule has 6 heteroatoms. The fraction of sp³-hybridized carbons (Fsp3) is 0.250. The minimum Gasteiger partial charge on any atom is -0.480 e. The largest absolute Gasteiger partial charge is 0.480 e. The van der Waals surface area contributed by atoms with Gasteiger partial charge in [0.25, 0.3) is 5.91 Å². The van der Waals surface area contributed by atoms with Crippen molar-refractivity contribution in [2.24, 2.45) is 0 Å². The Morgan fingerprint density at radius 1 is 1.28 bits per heavy atom. The van der Waals surface area contributed by atoms with E-state index in [2.05, 4.69) is 10.1 Å².